The molecule has 0 aromatic heterocycles. The first kappa shape index (κ1) is 23.5. The van der Waals surface area contributed by atoms with Gasteiger partial charge in [-0.3, -0.25) is 9.79 Å². The zero-order valence-corrected chi connectivity index (χ0v) is 18.5. The monoisotopic (exact) mass is 490 g/mol. The number of halogens is 1. The molecule has 2 rings (SSSR count). The summed E-state index contributed by atoms with van der Waals surface area (Å²) < 4.78 is 11.0. The molecule has 3 N–H and O–H groups in total. The molecule has 0 aliphatic heterocycles. The highest BCUT2D eigenvalue weighted by molar-refractivity contribution is 14.0. The fourth-order valence-electron chi connectivity index (χ4n) is 2.42. The molecule has 1 aromatic carbocycles. The molecule has 1 fully saturated rings. The van der Waals surface area contributed by atoms with Crippen LogP contribution in [0, 0.1) is 5.92 Å². The van der Waals surface area contributed by atoms with Crippen LogP contribution in [0.1, 0.15) is 25.3 Å². The van der Waals surface area contributed by atoms with E-state index in [-0.39, 0.29) is 35.8 Å². The number of carbonyl (C=O) groups is 1. The van der Waals surface area contributed by atoms with Crippen LogP contribution < -0.4 is 20.7 Å². The van der Waals surface area contributed by atoms with Crippen molar-refractivity contribution in [3.63, 3.8) is 0 Å². The largest absolute Gasteiger partial charge is 0.496 e. The van der Waals surface area contributed by atoms with Crippen molar-refractivity contribution in [3.8, 4) is 5.75 Å². The topological polar surface area (TPSA) is 84.0 Å². The minimum atomic E-state index is 0. The van der Waals surface area contributed by atoms with Crippen LogP contribution in [0.5, 0.6) is 5.75 Å². The van der Waals surface area contributed by atoms with Gasteiger partial charge in [0.05, 0.1) is 26.9 Å². The molecule has 1 aromatic rings. The summed E-state index contributed by atoms with van der Waals surface area (Å²) in [5, 5.41) is 9.32. The van der Waals surface area contributed by atoms with Crippen LogP contribution in [0.3, 0.4) is 0 Å². The molecule has 152 valence electrons. The molecule has 0 bridgehead atoms. The number of methoxy groups -OCH3 is 1. The summed E-state index contributed by atoms with van der Waals surface area (Å²) in [7, 11) is 1.66. The summed E-state index contributed by atoms with van der Waals surface area (Å²) >= 11 is 0. The van der Waals surface area contributed by atoms with Crippen molar-refractivity contribution >= 4 is 35.8 Å². The Morgan fingerprint density at radius 3 is 2.63 bits per heavy atom. The second-order valence-corrected chi connectivity index (χ2v) is 6.12. The van der Waals surface area contributed by atoms with Gasteiger partial charge in [0, 0.05) is 31.1 Å². The van der Waals surface area contributed by atoms with Gasteiger partial charge in [0.2, 0.25) is 5.91 Å². The van der Waals surface area contributed by atoms with Crippen molar-refractivity contribution in [3.05, 3.63) is 29.8 Å². The summed E-state index contributed by atoms with van der Waals surface area (Å²) in [6.45, 7) is 5.62. The van der Waals surface area contributed by atoms with Gasteiger partial charge in [-0.25, -0.2) is 0 Å². The van der Waals surface area contributed by atoms with Crippen LogP contribution in [-0.4, -0.2) is 51.8 Å². The number of guanidine groups is 1. The summed E-state index contributed by atoms with van der Waals surface area (Å²) in [5.74, 6) is 1.98. The molecule has 1 amide bonds. The van der Waals surface area contributed by atoms with E-state index in [2.05, 4.69) is 20.9 Å². The Balaban J connectivity index is 0.00000364. The second-order valence-electron chi connectivity index (χ2n) is 6.12. The smallest absolute Gasteiger partial charge is 0.223 e. The number of nitrogens with one attached hydrogen (secondary N) is 3. The summed E-state index contributed by atoms with van der Waals surface area (Å²) in [5.41, 5.74) is 1.02. The number of hydrogen-bond donors (Lipinski definition) is 3. The van der Waals surface area contributed by atoms with Crippen LogP contribution in [0.2, 0.25) is 0 Å². The highest BCUT2D eigenvalue weighted by Crippen LogP contribution is 2.28. The van der Waals surface area contributed by atoms with Crippen molar-refractivity contribution in [2.24, 2.45) is 10.9 Å². The Labute approximate surface area is 178 Å². The third-order valence-corrected chi connectivity index (χ3v) is 3.96. The fourth-order valence-corrected chi connectivity index (χ4v) is 2.42. The van der Waals surface area contributed by atoms with E-state index in [1.165, 1.54) is 0 Å². The minimum absolute atomic E-state index is 0. The van der Waals surface area contributed by atoms with E-state index in [1.54, 1.807) is 7.11 Å². The lowest BCUT2D eigenvalue weighted by Gasteiger charge is -2.12. The second kappa shape index (κ2) is 13.6. The van der Waals surface area contributed by atoms with Crippen molar-refractivity contribution in [1.29, 1.82) is 0 Å². The van der Waals surface area contributed by atoms with Gasteiger partial charge in [0.1, 0.15) is 5.75 Å². The first-order valence-electron chi connectivity index (χ1n) is 9.24. The minimum Gasteiger partial charge on any atom is -0.496 e. The predicted octanol–water partition coefficient (Wildman–Crippen LogP) is 1.91. The zero-order valence-electron chi connectivity index (χ0n) is 16.1. The summed E-state index contributed by atoms with van der Waals surface area (Å²) in [4.78, 5) is 16.0. The van der Waals surface area contributed by atoms with E-state index in [1.807, 2.05) is 31.2 Å². The number of aliphatic imine (C=N–C) groups is 1. The third kappa shape index (κ3) is 9.28. The molecule has 27 heavy (non-hydrogen) atoms. The normalized spacial score (nSPS) is 13.5. The van der Waals surface area contributed by atoms with Crippen molar-refractivity contribution in [2.75, 3.05) is 39.9 Å². The first-order chi connectivity index (χ1) is 12.7. The molecule has 0 radical (unpaired) electrons. The highest BCUT2D eigenvalue weighted by atomic mass is 127. The maximum atomic E-state index is 11.6. The molecule has 7 nitrogen and oxygen atoms in total. The maximum Gasteiger partial charge on any atom is 0.223 e. The molecule has 0 atom stereocenters. The molecule has 0 heterocycles. The standard InChI is InChI=1S/C19H30N4O3.HI/c1-3-20-19(22-11-10-21-18(24)15-8-9-15)23-12-13-26-14-16-6-4-5-7-17(16)25-2;/h4-7,15H,3,8-14H2,1-2H3,(H,21,24)(H2,20,22,23);1H. The maximum absolute atomic E-state index is 11.6. The molecule has 8 heteroatoms. The van der Waals surface area contributed by atoms with E-state index in [0.717, 1.165) is 36.7 Å². The van der Waals surface area contributed by atoms with E-state index in [0.29, 0.717) is 32.8 Å². The van der Waals surface area contributed by atoms with Crippen molar-refractivity contribution in [2.45, 2.75) is 26.4 Å². The number of ether oxygens (including phenoxy) is 2. The van der Waals surface area contributed by atoms with Gasteiger partial charge < -0.3 is 25.4 Å². The van der Waals surface area contributed by atoms with Crippen LogP contribution >= 0.6 is 24.0 Å². The Hall–Kier alpha value is -1.55. The number of nitrogens with zero attached hydrogens (tertiary/aromatic N) is 1. The zero-order chi connectivity index (χ0) is 18.6. The Morgan fingerprint density at radius 2 is 1.93 bits per heavy atom. The Kier molecular flexibility index (Phi) is 11.8. The number of amides is 1. The highest BCUT2D eigenvalue weighted by Gasteiger charge is 2.28. The van der Waals surface area contributed by atoms with E-state index in [9.17, 15) is 4.79 Å². The van der Waals surface area contributed by atoms with Crippen LogP contribution in [-0.2, 0) is 16.1 Å². The van der Waals surface area contributed by atoms with Crippen molar-refractivity contribution < 1.29 is 14.3 Å². The number of hydrogen-bond acceptors (Lipinski definition) is 4. The van der Waals surface area contributed by atoms with Crippen LogP contribution in [0.15, 0.2) is 29.3 Å². The van der Waals surface area contributed by atoms with Gasteiger partial charge in [-0.05, 0) is 25.8 Å². The van der Waals surface area contributed by atoms with Crippen molar-refractivity contribution in [1.82, 2.24) is 16.0 Å². The molecule has 1 aliphatic rings. The van der Waals surface area contributed by atoms with Gasteiger partial charge in [-0.1, -0.05) is 18.2 Å². The quantitative estimate of drug-likeness (QED) is 0.191. The van der Waals surface area contributed by atoms with Crippen LogP contribution in [0.25, 0.3) is 0 Å². The Bertz CT molecular complexity index is 594. The third-order valence-electron chi connectivity index (χ3n) is 3.96. The number of para-hydroxylation sites is 1. The Morgan fingerprint density at radius 1 is 1.19 bits per heavy atom. The molecule has 1 saturated carbocycles. The SMILES string of the molecule is CCNC(=NCCOCc1ccccc1OC)NCCNC(=O)C1CC1.I. The number of carbonyl (C=O) groups excluding carboxylic acids is 1. The van der Waals surface area contributed by atoms with E-state index < -0.39 is 0 Å². The molecule has 0 saturated heterocycles. The lowest BCUT2D eigenvalue weighted by molar-refractivity contribution is -0.122. The van der Waals surface area contributed by atoms with Gasteiger partial charge >= 0.3 is 0 Å². The van der Waals surface area contributed by atoms with Gasteiger partial charge in [0.25, 0.3) is 0 Å². The average molecular weight is 490 g/mol. The molecule has 0 spiro atoms. The first-order valence-corrected chi connectivity index (χ1v) is 9.24. The number of rotatable bonds is 11. The fraction of sp³-hybridized carbons (Fsp3) is 0.579. The van der Waals surface area contributed by atoms with Gasteiger partial charge in [0.15, 0.2) is 5.96 Å². The van der Waals surface area contributed by atoms with E-state index >= 15 is 0 Å². The predicted molar refractivity (Wildman–Crippen MR) is 118 cm³/mol. The van der Waals surface area contributed by atoms with Gasteiger partial charge in [-0.15, -0.1) is 24.0 Å². The number of benzene rings is 1. The average Bonchev–Trinajstić information content (AvgIpc) is 3.50. The summed E-state index contributed by atoms with van der Waals surface area (Å²) in [6, 6.07) is 7.82. The molecular weight excluding hydrogens is 459 g/mol. The lowest BCUT2D eigenvalue weighted by atomic mass is 10.2. The van der Waals surface area contributed by atoms with Gasteiger partial charge in [-0.2, -0.15) is 0 Å². The lowest BCUT2D eigenvalue weighted by Crippen LogP contribution is -2.42. The molecular formula is C19H31IN4O3. The van der Waals surface area contributed by atoms with Crippen LogP contribution in [0.4, 0.5) is 0 Å². The van der Waals surface area contributed by atoms with E-state index in [4.69, 9.17) is 9.47 Å². The molecule has 1 aliphatic carbocycles. The summed E-state index contributed by atoms with van der Waals surface area (Å²) in [6.07, 6.45) is 2.05. The molecule has 0 unspecified atom stereocenters.